The van der Waals surface area contributed by atoms with Crippen molar-refractivity contribution in [3.8, 4) is 6.07 Å². The summed E-state index contributed by atoms with van der Waals surface area (Å²) in [6, 6.07) is 3.73. The second-order valence-electron chi connectivity index (χ2n) is 5.17. The quantitative estimate of drug-likeness (QED) is 0.863. The second kappa shape index (κ2) is 5.34. The predicted octanol–water partition coefficient (Wildman–Crippen LogP) is 2.40. The van der Waals surface area contributed by atoms with Crippen LogP contribution in [0.4, 0.5) is 0 Å². The van der Waals surface area contributed by atoms with Crippen molar-refractivity contribution >= 4 is 34.7 Å². The van der Waals surface area contributed by atoms with Crippen LogP contribution in [0, 0.1) is 11.3 Å². The number of carbonyl (C=O) groups is 1. The SMILES string of the molecule is N#Cc1cc(Cl)c(Cl)c2c1C1=C(CCN(C(=O)CO)C1)C2. The van der Waals surface area contributed by atoms with Crippen molar-refractivity contribution in [2.24, 2.45) is 0 Å². The normalized spacial score (nSPS) is 16.6. The Morgan fingerprint density at radius 3 is 2.90 bits per heavy atom. The molecule has 1 heterocycles. The Kier molecular flexibility index (Phi) is 3.66. The van der Waals surface area contributed by atoms with Crippen LogP contribution >= 0.6 is 23.2 Å². The molecule has 21 heavy (non-hydrogen) atoms. The second-order valence-corrected chi connectivity index (χ2v) is 5.95. The first kappa shape index (κ1) is 14.4. The molecule has 0 spiro atoms. The van der Waals surface area contributed by atoms with Gasteiger partial charge in [-0.25, -0.2) is 0 Å². The highest BCUT2D eigenvalue weighted by molar-refractivity contribution is 6.43. The summed E-state index contributed by atoms with van der Waals surface area (Å²) >= 11 is 12.3. The number of fused-ring (bicyclic) bond motifs is 2. The first-order valence-electron chi connectivity index (χ1n) is 6.57. The number of aliphatic hydroxyl groups excluding tert-OH is 1. The van der Waals surface area contributed by atoms with Gasteiger partial charge in [0.1, 0.15) is 6.61 Å². The van der Waals surface area contributed by atoms with Gasteiger partial charge < -0.3 is 10.0 Å². The van der Waals surface area contributed by atoms with Crippen LogP contribution in [-0.4, -0.2) is 35.6 Å². The molecular formula is C15H12Cl2N2O2. The first-order chi connectivity index (χ1) is 10.1. The molecule has 1 aromatic rings. The van der Waals surface area contributed by atoms with E-state index in [1.165, 1.54) is 5.57 Å². The van der Waals surface area contributed by atoms with E-state index in [1.807, 2.05) is 0 Å². The zero-order chi connectivity index (χ0) is 15.1. The van der Waals surface area contributed by atoms with Crippen molar-refractivity contribution in [3.63, 3.8) is 0 Å². The number of halogens is 2. The van der Waals surface area contributed by atoms with Gasteiger partial charge in [-0.3, -0.25) is 4.79 Å². The molecule has 0 unspecified atom stereocenters. The van der Waals surface area contributed by atoms with Gasteiger partial charge in [-0.15, -0.1) is 0 Å². The summed E-state index contributed by atoms with van der Waals surface area (Å²) in [4.78, 5) is 13.3. The van der Waals surface area contributed by atoms with Gasteiger partial charge in [-0.05, 0) is 30.0 Å². The largest absolute Gasteiger partial charge is 0.387 e. The maximum absolute atomic E-state index is 11.7. The number of nitrogens with zero attached hydrogens (tertiary/aromatic N) is 2. The summed E-state index contributed by atoms with van der Waals surface area (Å²) in [5.74, 6) is -0.298. The van der Waals surface area contributed by atoms with E-state index in [1.54, 1.807) is 11.0 Å². The van der Waals surface area contributed by atoms with Crippen molar-refractivity contribution in [2.45, 2.75) is 12.8 Å². The number of hydrogen-bond acceptors (Lipinski definition) is 3. The number of rotatable bonds is 1. The molecule has 4 nitrogen and oxygen atoms in total. The average Bonchev–Trinajstić information content (AvgIpc) is 2.89. The summed E-state index contributed by atoms with van der Waals surface area (Å²) in [6.45, 7) is 0.496. The Morgan fingerprint density at radius 1 is 1.48 bits per heavy atom. The topological polar surface area (TPSA) is 64.3 Å². The fourth-order valence-corrected chi connectivity index (χ4v) is 3.50. The Labute approximate surface area is 132 Å². The third kappa shape index (κ3) is 2.22. The number of benzene rings is 1. The summed E-state index contributed by atoms with van der Waals surface area (Å²) in [7, 11) is 0. The highest BCUT2D eigenvalue weighted by Gasteiger charge is 2.32. The van der Waals surface area contributed by atoms with Gasteiger partial charge in [0.15, 0.2) is 0 Å². The van der Waals surface area contributed by atoms with Crippen LogP contribution in [0.3, 0.4) is 0 Å². The maximum Gasteiger partial charge on any atom is 0.248 e. The molecule has 0 aromatic heterocycles. The molecule has 0 radical (unpaired) electrons. The third-order valence-electron chi connectivity index (χ3n) is 4.08. The molecule has 0 saturated heterocycles. The Hall–Kier alpha value is -1.54. The minimum absolute atomic E-state index is 0.298. The van der Waals surface area contributed by atoms with E-state index in [-0.39, 0.29) is 5.91 Å². The predicted molar refractivity (Wildman–Crippen MR) is 80.1 cm³/mol. The number of hydrogen-bond donors (Lipinski definition) is 1. The van der Waals surface area contributed by atoms with Crippen LogP contribution < -0.4 is 0 Å². The molecule has 6 heteroatoms. The summed E-state index contributed by atoms with van der Waals surface area (Å²) in [5, 5.41) is 19.2. The summed E-state index contributed by atoms with van der Waals surface area (Å²) in [5.41, 5.74) is 4.37. The van der Waals surface area contributed by atoms with E-state index in [0.29, 0.717) is 35.1 Å². The molecule has 1 aromatic carbocycles. The lowest BCUT2D eigenvalue weighted by Gasteiger charge is -2.28. The molecule has 1 N–H and O–H groups in total. The average molecular weight is 323 g/mol. The number of amides is 1. The fourth-order valence-electron chi connectivity index (χ4n) is 3.06. The van der Waals surface area contributed by atoms with Gasteiger partial charge in [0.05, 0.1) is 21.7 Å². The molecule has 0 saturated carbocycles. The smallest absolute Gasteiger partial charge is 0.248 e. The molecule has 1 aliphatic heterocycles. The Bertz CT molecular complexity index is 719. The number of carbonyl (C=O) groups excluding carboxylic acids is 1. The Morgan fingerprint density at radius 2 is 2.24 bits per heavy atom. The molecule has 0 bridgehead atoms. The zero-order valence-electron chi connectivity index (χ0n) is 11.1. The van der Waals surface area contributed by atoms with E-state index in [2.05, 4.69) is 6.07 Å². The molecule has 0 atom stereocenters. The van der Waals surface area contributed by atoms with Gasteiger partial charge in [-0.1, -0.05) is 28.8 Å². The molecule has 3 rings (SSSR count). The van der Waals surface area contributed by atoms with Gasteiger partial charge in [0.2, 0.25) is 5.91 Å². The molecular weight excluding hydrogens is 311 g/mol. The van der Waals surface area contributed by atoms with Crippen molar-refractivity contribution in [1.82, 2.24) is 4.90 Å². The first-order valence-corrected chi connectivity index (χ1v) is 7.33. The molecule has 108 valence electrons. The molecule has 2 aliphatic rings. The number of aliphatic hydroxyl groups is 1. The summed E-state index contributed by atoms with van der Waals surface area (Å²) < 4.78 is 0. The van der Waals surface area contributed by atoms with Crippen molar-refractivity contribution in [1.29, 1.82) is 5.26 Å². The van der Waals surface area contributed by atoms with Crippen molar-refractivity contribution < 1.29 is 9.90 Å². The van der Waals surface area contributed by atoms with Crippen LogP contribution in [-0.2, 0) is 11.2 Å². The van der Waals surface area contributed by atoms with Crippen LogP contribution in [0.5, 0.6) is 0 Å². The van der Waals surface area contributed by atoms with Gasteiger partial charge >= 0.3 is 0 Å². The Balaban J connectivity index is 2.08. The van der Waals surface area contributed by atoms with Gasteiger partial charge in [0, 0.05) is 18.7 Å². The van der Waals surface area contributed by atoms with Gasteiger partial charge in [-0.2, -0.15) is 5.26 Å². The highest BCUT2D eigenvalue weighted by Crippen LogP contribution is 2.44. The molecule has 0 fully saturated rings. The van der Waals surface area contributed by atoms with E-state index in [4.69, 9.17) is 28.3 Å². The standard InChI is InChI=1S/C15H12Cl2N2O2/c16-12-4-9(5-18)14-10(15(12)17)3-8-1-2-19(6-11(8)14)13(21)7-20/h4,20H,1-3,6-7H2. The third-order valence-corrected chi connectivity index (χ3v) is 4.90. The van der Waals surface area contributed by atoms with Crippen LogP contribution in [0.25, 0.3) is 5.57 Å². The van der Waals surface area contributed by atoms with Crippen LogP contribution in [0.15, 0.2) is 11.6 Å². The van der Waals surface area contributed by atoms with E-state index in [0.717, 1.165) is 23.1 Å². The van der Waals surface area contributed by atoms with Gasteiger partial charge in [0.25, 0.3) is 0 Å². The lowest BCUT2D eigenvalue weighted by atomic mass is 9.96. The highest BCUT2D eigenvalue weighted by atomic mass is 35.5. The van der Waals surface area contributed by atoms with E-state index >= 15 is 0 Å². The maximum atomic E-state index is 11.7. The van der Waals surface area contributed by atoms with E-state index < -0.39 is 6.61 Å². The summed E-state index contributed by atoms with van der Waals surface area (Å²) in [6.07, 6.45) is 1.41. The monoisotopic (exact) mass is 322 g/mol. The minimum atomic E-state index is -0.498. The molecule has 1 amide bonds. The lowest BCUT2D eigenvalue weighted by Crippen LogP contribution is -2.37. The van der Waals surface area contributed by atoms with Crippen LogP contribution in [0.2, 0.25) is 10.0 Å². The minimum Gasteiger partial charge on any atom is -0.387 e. The molecule has 1 aliphatic carbocycles. The fraction of sp³-hybridized carbons (Fsp3) is 0.333. The van der Waals surface area contributed by atoms with Crippen molar-refractivity contribution in [3.05, 3.63) is 38.4 Å². The van der Waals surface area contributed by atoms with E-state index in [9.17, 15) is 10.1 Å². The zero-order valence-corrected chi connectivity index (χ0v) is 12.6. The number of nitriles is 1. The van der Waals surface area contributed by atoms with Crippen LogP contribution in [0.1, 0.15) is 23.1 Å². The van der Waals surface area contributed by atoms with Crippen molar-refractivity contribution in [2.75, 3.05) is 19.7 Å². The lowest BCUT2D eigenvalue weighted by molar-refractivity contribution is -0.133.